The molecule has 1 fully saturated rings. The smallest absolute Gasteiger partial charge is 0.319 e. The van der Waals surface area contributed by atoms with E-state index in [4.69, 9.17) is 9.72 Å². The lowest BCUT2D eigenvalue weighted by Gasteiger charge is -2.34. The maximum Gasteiger partial charge on any atom is 0.319 e. The van der Waals surface area contributed by atoms with Crippen molar-refractivity contribution in [3.63, 3.8) is 0 Å². The number of carbonyl (C=O) groups excluding carboxylic acids is 1. The number of halogens is 1. The number of pyridine rings is 1. The first kappa shape index (κ1) is 15.2. The summed E-state index contributed by atoms with van der Waals surface area (Å²) in [5, 5.41) is 1.13. The third-order valence-electron chi connectivity index (χ3n) is 3.91. The summed E-state index contributed by atoms with van der Waals surface area (Å²) < 4.78 is 5.77. The number of aromatic nitrogens is 1. The molecule has 1 aromatic carbocycles. The van der Waals surface area contributed by atoms with E-state index in [0.29, 0.717) is 6.54 Å². The molecule has 0 atom stereocenters. The summed E-state index contributed by atoms with van der Waals surface area (Å²) in [5.74, 6) is 0.815. The number of methoxy groups -OCH3 is 1. The second-order valence-corrected chi connectivity index (χ2v) is 6.26. The summed E-state index contributed by atoms with van der Waals surface area (Å²) >= 11 is 3.48. The van der Waals surface area contributed by atoms with Crippen molar-refractivity contribution < 1.29 is 9.53 Å². The minimum atomic E-state index is -0.178. The van der Waals surface area contributed by atoms with E-state index in [0.717, 1.165) is 47.4 Å². The SMILES string of the molecule is COC(=O)CN1CCN(c2ccc3cc(Br)ccc3n2)CC1. The van der Waals surface area contributed by atoms with Crippen molar-refractivity contribution in [1.29, 1.82) is 0 Å². The minimum absolute atomic E-state index is 0.178. The van der Waals surface area contributed by atoms with E-state index in [-0.39, 0.29) is 5.97 Å². The molecule has 3 rings (SSSR count). The quantitative estimate of drug-likeness (QED) is 0.783. The molecule has 116 valence electrons. The van der Waals surface area contributed by atoms with Crippen molar-refractivity contribution in [2.24, 2.45) is 0 Å². The van der Waals surface area contributed by atoms with Gasteiger partial charge in [-0.1, -0.05) is 15.9 Å². The molecule has 1 aromatic heterocycles. The van der Waals surface area contributed by atoms with Crippen LogP contribution in [0.15, 0.2) is 34.8 Å². The van der Waals surface area contributed by atoms with Gasteiger partial charge in [-0.15, -0.1) is 0 Å². The number of nitrogens with zero attached hydrogens (tertiary/aromatic N) is 3. The van der Waals surface area contributed by atoms with Gasteiger partial charge in [0.15, 0.2) is 0 Å². The minimum Gasteiger partial charge on any atom is -0.468 e. The van der Waals surface area contributed by atoms with Gasteiger partial charge >= 0.3 is 5.97 Å². The Kier molecular flexibility index (Phi) is 4.59. The third-order valence-corrected chi connectivity index (χ3v) is 4.41. The lowest BCUT2D eigenvalue weighted by atomic mass is 10.2. The molecule has 1 aliphatic rings. The fourth-order valence-corrected chi connectivity index (χ4v) is 3.02. The maximum atomic E-state index is 11.3. The standard InChI is InChI=1S/C16H18BrN3O2/c1-22-16(21)11-19-6-8-20(9-7-19)15-5-2-12-10-13(17)3-4-14(12)18-15/h2-5,10H,6-9,11H2,1H3. The molecule has 2 heterocycles. The molecule has 6 heteroatoms. The molecule has 0 aliphatic carbocycles. The normalized spacial score (nSPS) is 16.0. The third kappa shape index (κ3) is 3.39. The molecule has 2 aromatic rings. The Labute approximate surface area is 138 Å². The predicted molar refractivity (Wildman–Crippen MR) is 90.1 cm³/mol. The molecular weight excluding hydrogens is 346 g/mol. The second-order valence-electron chi connectivity index (χ2n) is 5.35. The van der Waals surface area contributed by atoms with Gasteiger partial charge in [-0.3, -0.25) is 9.69 Å². The van der Waals surface area contributed by atoms with E-state index in [1.807, 2.05) is 12.1 Å². The fourth-order valence-electron chi connectivity index (χ4n) is 2.64. The molecule has 0 N–H and O–H groups in total. The van der Waals surface area contributed by atoms with Gasteiger partial charge in [0.1, 0.15) is 5.82 Å². The number of hydrogen-bond acceptors (Lipinski definition) is 5. The van der Waals surface area contributed by atoms with Crippen molar-refractivity contribution in [2.75, 3.05) is 44.7 Å². The first-order valence-corrected chi connectivity index (χ1v) is 8.05. The predicted octanol–water partition coefficient (Wildman–Crippen LogP) is 2.29. The van der Waals surface area contributed by atoms with Gasteiger partial charge in [-0.2, -0.15) is 0 Å². The Morgan fingerprint density at radius 2 is 2.00 bits per heavy atom. The molecule has 1 saturated heterocycles. The number of rotatable bonds is 3. The van der Waals surface area contributed by atoms with E-state index >= 15 is 0 Å². The number of hydrogen-bond donors (Lipinski definition) is 0. The Balaban J connectivity index is 1.68. The first-order chi connectivity index (χ1) is 10.7. The van der Waals surface area contributed by atoms with E-state index in [2.05, 4.69) is 43.9 Å². The Morgan fingerprint density at radius 3 is 2.73 bits per heavy atom. The van der Waals surface area contributed by atoms with Crippen LogP contribution in [0.5, 0.6) is 0 Å². The summed E-state index contributed by atoms with van der Waals surface area (Å²) in [6.45, 7) is 3.78. The maximum absolute atomic E-state index is 11.3. The monoisotopic (exact) mass is 363 g/mol. The largest absolute Gasteiger partial charge is 0.468 e. The lowest BCUT2D eigenvalue weighted by Crippen LogP contribution is -2.48. The van der Waals surface area contributed by atoms with Crippen molar-refractivity contribution in [3.05, 3.63) is 34.8 Å². The van der Waals surface area contributed by atoms with Gasteiger partial charge in [-0.25, -0.2) is 4.98 Å². The molecule has 0 unspecified atom stereocenters. The van der Waals surface area contributed by atoms with E-state index in [1.54, 1.807) is 0 Å². The van der Waals surface area contributed by atoms with Crippen LogP contribution in [0.3, 0.4) is 0 Å². The number of piperazine rings is 1. The number of benzene rings is 1. The second kappa shape index (κ2) is 6.62. The summed E-state index contributed by atoms with van der Waals surface area (Å²) in [5.41, 5.74) is 0.998. The van der Waals surface area contributed by atoms with Gasteiger partial charge in [-0.05, 0) is 30.3 Å². The molecule has 0 amide bonds. The highest BCUT2D eigenvalue weighted by atomic mass is 79.9. The van der Waals surface area contributed by atoms with Crippen LogP contribution in [0.25, 0.3) is 10.9 Å². The molecule has 1 aliphatic heterocycles. The van der Waals surface area contributed by atoms with Gasteiger partial charge in [0.2, 0.25) is 0 Å². The molecule has 0 radical (unpaired) electrons. The van der Waals surface area contributed by atoms with Crippen molar-refractivity contribution in [2.45, 2.75) is 0 Å². The summed E-state index contributed by atoms with van der Waals surface area (Å²) in [6.07, 6.45) is 0. The number of ether oxygens (including phenoxy) is 1. The number of esters is 1. The highest BCUT2D eigenvalue weighted by Gasteiger charge is 2.20. The molecule has 5 nitrogen and oxygen atoms in total. The number of fused-ring (bicyclic) bond motifs is 1. The summed E-state index contributed by atoms with van der Waals surface area (Å²) in [7, 11) is 1.43. The van der Waals surface area contributed by atoms with Crippen LogP contribution in [-0.2, 0) is 9.53 Å². The van der Waals surface area contributed by atoms with Crippen LogP contribution in [0, 0.1) is 0 Å². The molecule has 22 heavy (non-hydrogen) atoms. The zero-order valence-corrected chi connectivity index (χ0v) is 14.0. The summed E-state index contributed by atoms with van der Waals surface area (Å²) in [6, 6.07) is 10.3. The molecule has 0 bridgehead atoms. The van der Waals surface area contributed by atoms with Crippen LogP contribution >= 0.6 is 15.9 Å². The average molecular weight is 364 g/mol. The van der Waals surface area contributed by atoms with Gasteiger partial charge in [0.25, 0.3) is 0 Å². The van der Waals surface area contributed by atoms with Crippen LogP contribution < -0.4 is 4.90 Å². The summed E-state index contributed by atoms with van der Waals surface area (Å²) in [4.78, 5) is 20.4. The van der Waals surface area contributed by atoms with Gasteiger partial charge in [0, 0.05) is 36.0 Å². The molecule has 0 saturated carbocycles. The van der Waals surface area contributed by atoms with E-state index in [9.17, 15) is 4.79 Å². The zero-order chi connectivity index (χ0) is 15.5. The van der Waals surface area contributed by atoms with Crippen LogP contribution in [0.1, 0.15) is 0 Å². The van der Waals surface area contributed by atoms with Crippen molar-refractivity contribution in [3.8, 4) is 0 Å². The highest BCUT2D eigenvalue weighted by Crippen LogP contribution is 2.22. The number of carbonyl (C=O) groups is 1. The topological polar surface area (TPSA) is 45.7 Å². The fraction of sp³-hybridized carbons (Fsp3) is 0.375. The Bertz CT molecular complexity index is 684. The zero-order valence-electron chi connectivity index (χ0n) is 12.5. The Hall–Kier alpha value is -1.66. The Morgan fingerprint density at radius 1 is 1.23 bits per heavy atom. The molecular formula is C16H18BrN3O2. The number of anilines is 1. The van der Waals surface area contributed by atoms with E-state index in [1.165, 1.54) is 7.11 Å². The average Bonchev–Trinajstić information content (AvgIpc) is 2.55. The molecule has 0 spiro atoms. The van der Waals surface area contributed by atoms with Crippen LogP contribution in [0.2, 0.25) is 0 Å². The van der Waals surface area contributed by atoms with Crippen LogP contribution in [0.4, 0.5) is 5.82 Å². The first-order valence-electron chi connectivity index (χ1n) is 7.26. The van der Waals surface area contributed by atoms with E-state index < -0.39 is 0 Å². The van der Waals surface area contributed by atoms with Gasteiger partial charge < -0.3 is 9.64 Å². The van der Waals surface area contributed by atoms with Crippen LogP contribution in [-0.4, -0.2) is 55.7 Å². The lowest BCUT2D eigenvalue weighted by molar-refractivity contribution is -0.142. The van der Waals surface area contributed by atoms with Crippen molar-refractivity contribution >= 4 is 38.6 Å². The van der Waals surface area contributed by atoms with Gasteiger partial charge in [0.05, 0.1) is 19.2 Å². The highest BCUT2D eigenvalue weighted by molar-refractivity contribution is 9.10. The van der Waals surface area contributed by atoms with Crippen molar-refractivity contribution in [1.82, 2.24) is 9.88 Å².